The molecule has 1 aromatic heterocycles. The Hall–Kier alpha value is -2.27. The summed E-state index contributed by atoms with van der Waals surface area (Å²) >= 11 is 0. The minimum Gasteiger partial charge on any atom is -0.325 e. The van der Waals surface area contributed by atoms with Gasteiger partial charge in [0.05, 0.1) is 17.2 Å². The topological polar surface area (TPSA) is 66.9 Å². The van der Waals surface area contributed by atoms with E-state index in [0.29, 0.717) is 23.3 Å². The SMILES string of the molecule is C=C(CCNC)NC(=O)c1cnc2cc(C)ccc2n1. The fourth-order valence-electron chi connectivity index (χ4n) is 1.79. The lowest BCUT2D eigenvalue weighted by Crippen LogP contribution is -2.25. The second kappa shape index (κ2) is 6.25. The van der Waals surface area contributed by atoms with Crippen molar-refractivity contribution in [2.75, 3.05) is 13.6 Å². The number of carbonyl (C=O) groups is 1. The van der Waals surface area contributed by atoms with E-state index in [9.17, 15) is 4.79 Å². The average Bonchev–Trinajstić information content (AvgIpc) is 2.44. The van der Waals surface area contributed by atoms with Crippen molar-refractivity contribution in [2.24, 2.45) is 0 Å². The van der Waals surface area contributed by atoms with Crippen LogP contribution >= 0.6 is 0 Å². The Morgan fingerprint density at radius 2 is 2.15 bits per heavy atom. The molecule has 0 bridgehead atoms. The lowest BCUT2D eigenvalue weighted by atomic mass is 10.2. The van der Waals surface area contributed by atoms with Gasteiger partial charge in [-0.15, -0.1) is 0 Å². The number of rotatable bonds is 5. The molecule has 1 heterocycles. The van der Waals surface area contributed by atoms with Crippen LogP contribution in [0.5, 0.6) is 0 Å². The number of amides is 1. The van der Waals surface area contributed by atoms with E-state index in [1.165, 1.54) is 6.20 Å². The number of fused-ring (bicyclic) bond motifs is 1. The molecule has 104 valence electrons. The number of benzene rings is 1. The number of aromatic nitrogens is 2. The summed E-state index contributed by atoms with van der Waals surface area (Å²) in [5, 5.41) is 5.73. The molecule has 0 aliphatic rings. The predicted octanol–water partition coefficient (Wildman–Crippen LogP) is 1.79. The third-order valence-electron chi connectivity index (χ3n) is 2.90. The minimum absolute atomic E-state index is 0.277. The van der Waals surface area contributed by atoms with Crippen LogP contribution < -0.4 is 10.6 Å². The molecule has 0 saturated carbocycles. The van der Waals surface area contributed by atoms with Crippen LogP contribution in [-0.2, 0) is 0 Å². The fraction of sp³-hybridized carbons (Fsp3) is 0.267. The molecule has 2 rings (SSSR count). The first-order valence-electron chi connectivity index (χ1n) is 6.47. The molecule has 0 spiro atoms. The molecule has 5 heteroatoms. The first kappa shape index (κ1) is 14.1. The molecular formula is C15H18N4O. The highest BCUT2D eigenvalue weighted by atomic mass is 16.1. The number of carbonyl (C=O) groups excluding carboxylic acids is 1. The Balaban J connectivity index is 2.14. The number of hydrogen-bond acceptors (Lipinski definition) is 4. The molecule has 0 unspecified atom stereocenters. The van der Waals surface area contributed by atoms with E-state index in [0.717, 1.165) is 17.6 Å². The molecule has 2 aromatic rings. The van der Waals surface area contributed by atoms with E-state index in [1.807, 2.05) is 32.2 Å². The van der Waals surface area contributed by atoms with Crippen LogP contribution in [0.15, 0.2) is 36.7 Å². The van der Waals surface area contributed by atoms with E-state index in [4.69, 9.17) is 0 Å². The van der Waals surface area contributed by atoms with Crippen molar-refractivity contribution in [1.82, 2.24) is 20.6 Å². The molecule has 0 fully saturated rings. The summed E-state index contributed by atoms with van der Waals surface area (Å²) in [6, 6.07) is 5.75. The zero-order valence-corrected chi connectivity index (χ0v) is 11.7. The Morgan fingerprint density at radius 3 is 2.90 bits per heavy atom. The number of nitrogens with one attached hydrogen (secondary N) is 2. The summed E-state index contributed by atoms with van der Waals surface area (Å²) in [6.07, 6.45) is 2.17. The van der Waals surface area contributed by atoms with Crippen LogP contribution in [0, 0.1) is 6.92 Å². The van der Waals surface area contributed by atoms with Gasteiger partial charge in [-0.25, -0.2) is 4.98 Å². The Labute approximate surface area is 118 Å². The summed E-state index contributed by atoms with van der Waals surface area (Å²) in [5.74, 6) is -0.277. The van der Waals surface area contributed by atoms with Crippen molar-refractivity contribution >= 4 is 16.9 Å². The summed E-state index contributed by atoms with van der Waals surface area (Å²) in [4.78, 5) is 20.6. The van der Waals surface area contributed by atoms with E-state index in [1.54, 1.807) is 0 Å². The van der Waals surface area contributed by atoms with Crippen molar-refractivity contribution in [2.45, 2.75) is 13.3 Å². The lowest BCUT2D eigenvalue weighted by Gasteiger charge is -2.08. The summed E-state index contributed by atoms with van der Waals surface area (Å²) in [6.45, 7) is 6.57. The summed E-state index contributed by atoms with van der Waals surface area (Å²) < 4.78 is 0. The summed E-state index contributed by atoms with van der Waals surface area (Å²) in [5.41, 5.74) is 3.58. The zero-order chi connectivity index (χ0) is 14.5. The second-order valence-electron chi connectivity index (χ2n) is 4.66. The third-order valence-corrected chi connectivity index (χ3v) is 2.90. The largest absolute Gasteiger partial charge is 0.325 e. The van der Waals surface area contributed by atoms with Crippen LogP contribution in [0.3, 0.4) is 0 Å². The van der Waals surface area contributed by atoms with Gasteiger partial charge < -0.3 is 10.6 Å². The molecule has 0 aliphatic heterocycles. The van der Waals surface area contributed by atoms with Gasteiger partial charge in [-0.2, -0.15) is 0 Å². The van der Waals surface area contributed by atoms with Crippen LogP contribution in [0.1, 0.15) is 22.5 Å². The Kier molecular flexibility index (Phi) is 4.42. The molecule has 0 radical (unpaired) electrons. The third kappa shape index (κ3) is 3.39. The molecule has 0 aliphatic carbocycles. The highest BCUT2D eigenvalue weighted by Crippen LogP contribution is 2.11. The fourth-order valence-corrected chi connectivity index (χ4v) is 1.79. The first-order valence-corrected chi connectivity index (χ1v) is 6.47. The van der Waals surface area contributed by atoms with E-state index < -0.39 is 0 Å². The molecule has 1 aromatic carbocycles. The standard InChI is InChI=1S/C15H18N4O/c1-10-4-5-12-13(8-10)17-9-14(19-12)15(20)18-11(2)6-7-16-3/h4-5,8-9,16H,2,6-7H2,1,3H3,(H,18,20). The smallest absolute Gasteiger partial charge is 0.275 e. The maximum Gasteiger partial charge on any atom is 0.275 e. The van der Waals surface area contributed by atoms with Crippen LogP contribution in [0.25, 0.3) is 11.0 Å². The average molecular weight is 270 g/mol. The highest BCUT2D eigenvalue weighted by molar-refractivity contribution is 5.94. The van der Waals surface area contributed by atoms with Crippen molar-refractivity contribution in [3.05, 3.63) is 47.9 Å². The lowest BCUT2D eigenvalue weighted by molar-refractivity contribution is 0.0960. The van der Waals surface area contributed by atoms with Crippen molar-refractivity contribution < 1.29 is 4.79 Å². The maximum absolute atomic E-state index is 12.0. The summed E-state index contributed by atoms with van der Waals surface area (Å²) in [7, 11) is 1.85. The van der Waals surface area contributed by atoms with Gasteiger partial charge in [-0.1, -0.05) is 12.6 Å². The molecule has 20 heavy (non-hydrogen) atoms. The molecular weight excluding hydrogens is 252 g/mol. The van der Waals surface area contributed by atoms with Gasteiger partial charge in [0.25, 0.3) is 5.91 Å². The Bertz CT molecular complexity index is 651. The zero-order valence-electron chi connectivity index (χ0n) is 11.7. The Morgan fingerprint density at radius 1 is 1.35 bits per heavy atom. The van der Waals surface area contributed by atoms with Gasteiger partial charge >= 0.3 is 0 Å². The minimum atomic E-state index is -0.277. The van der Waals surface area contributed by atoms with E-state index in [-0.39, 0.29) is 5.91 Å². The maximum atomic E-state index is 12.0. The van der Waals surface area contributed by atoms with E-state index >= 15 is 0 Å². The number of aryl methyl sites for hydroxylation is 1. The number of nitrogens with zero attached hydrogens (tertiary/aromatic N) is 2. The van der Waals surface area contributed by atoms with E-state index in [2.05, 4.69) is 27.2 Å². The quantitative estimate of drug-likeness (QED) is 0.869. The van der Waals surface area contributed by atoms with Gasteiger partial charge in [-0.3, -0.25) is 9.78 Å². The van der Waals surface area contributed by atoms with Crippen molar-refractivity contribution in [3.63, 3.8) is 0 Å². The molecule has 0 saturated heterocycles. The molecule has 2 N–H and O–H groups in total. The molecule has 5 nitrogen and oxygen atoms in total. The number of hydrogen-bond donors (Lipinski definition) is 2. The van der Waals surface area contributed by atoms with Gasteiger partial charge in [0.2, 0.25) is 0 Å². The monoisotopic (exact) mass is 270 g/mol. The van der Waals surface area contributed by atoms with Gasteiger partial charge in [0.15, 0.2) is 0 Å². The predicted molar refractivity (Wildman–Crippen MR) is 79.4 cm³/mol. The van der Waals surface area contributed by atoms with Crippen molar-refractivity contribution in [3.8, 4) is 0 Å². The van der Waals surface area contributed by atoms with Crippen LogP contribution in [0.2, 0.25) is 0 Å². The van der Waals surface area contributed by atoms with Crippen LogP contribution in [-0.4, -0.2) is 29.5 Å². The van der Waals surface area contributed by atoms with Gasteiger partial charge in [0, 0.05) is 12.2 Å². The highest BCUT2D eigenvalue weighted by Gasteiger charge is 2.10. The van der Waals surface area contributed by atoms with Crippen LogP contribution in [0.4, 0.5) is 0 Å². The van der Waals surface area contributed by atoms with Gasteiger partial charge in [0.1, 0.15) is 5.69 Å². The van der Waals surface area contributed by atoms with Gasteiger partial charge in [-0.05, 0) is 38.1 Å². The normalized spacial score (nSPS) is 10.5. The molecule has 0 atom stereocenters. The second-order valence-corrected chi connectivity index (χ2v) is 4.66. The molecule has 1 amide bonds. The van der Waals surface area contributed by atoms with Crippen molar-refractivity contribution in [1.29, 1.82) is 0 Å². The first-order chi connectivity index (χ1) is 9.60.